The van der Waals surface area contributed by atoms with Gasteiger partial charge in [0.05, 0.1) is 0 Å². The molecule has 18 heavy (non-hydrogen) atoms. The molecule has 1 unspecified atom stereocenters. The minimum atomic E-state index is 0.210. The number of nitrogens with two attached hydrogens (primary N) is 1. The summed E-state index contributed by atoms with van der Waals surface area (Å²) in [5.74, 6) is 0.840. The van der Waals surface area contributed by atoms with Gasteiger partial charge in [-0.3, -0.25) is 0 Å². The lowest BCUT2D eigenvalue weighted by Gasteiger charge is -2.21. The molecular formula is C14H26N4. The van der Waals surface area contributed by atoms with Crippen LogP contribution in [0.3, 0.4) is 0 Å². The van der Waals surface area contributed by atoms with Crippen molar-refractivity contribution in [1.82, 2.24) is 9.97 Å². The van der Waals surface area contributed by atoms with E-state index in [2.05, 4.69) is 35.6 Å². The van der Waals surface area contributed by atoms with Crippen molar-refractivity contribution in [2.75, 3.05) is 18.0 Å². The van der Waals surface area contributed by atoms with Crippen LogP contribution in [0, 0.1) is 0 Å². The van der Waals surface area contributed by atoms with Crippen LogP contribution in [0.5, 0.6) is 0 Å². The Morgan fingerprint density at radius 1 is 1.11 bits per heavy atom. The van der Waals surface area contributed by atoms with Crippen LogP contribution in [0.4, 0.5) is 5.95 Å². The van der Waals surface area contributed by atoms with Crippen molar-refractivity contribution in [2.24, 2.45) is 5.73 Å². The first kappa shape index (κ1) is 14.9. The summed E-state index contributed by atoms with van der Waals surface area (Å²) in [7, 11) is 0. The number of hydrogen-bond donors (Lipinski definition) is 1. The van der Waals surface area contributed by atoms with Gasteiger partial charge in [0.15, 0.2) is 0 Å². The van der Waals surface area contributed by atoms with Crippen molar-refractivity contribution in [3.05, 3.63) is 18.0 Å². The van der Waals surface area contributed by atoms with E-state index in [9.17, 15) is 0 Å². The second-order valence-electron chi connectivity index (χ2n) is 4.75. The van der Waals surface area contributed by atoms with Crippen molar-refractivity contribution in [3.8, 4) is 0 Å². The molecule has 0 saturated heterocycles. The summed E-state index contributed by atoms with van der Waals surface area (Å²) in [4.78, 5) is 11.2. The number of rotatable bonds is 8. The van der Waals surface area contributed by atoms with E-state index < -0.39 is 0 Å². The van der Waals surface area contributed by atoms with E-state index in [0.717, 1.165) is 50.3 Å². The molecule has 102 valence electrons. The van der Waals surface area contributed by atoms with Gasteiger partial charge in [0.2, 0.25) is 5.95 Å². The van der Waals surface area contributed by atoms with Crippen molar-refractivity contribution in [1.29, 1.82) is 0 Å². The third kappa shape index (κ3) is 4.61. The fourth-order valence-electron chi connectivity index (χ4n) is 1.92. The molecule has 0 bridgehead atoms. The Bertz CT molecular complexity index is 317. The van der Waals surface area contributed by atoms with E-state index in [-0.39, 0.29) is 6.04 Å². The highest BCUT2D eigenvalue weighted by molar-refractivity contribution is 5.29. The Hall–Kier alpha value is -1.16. The summed E-state index contributed by atoms with van der Waals surface area (Å²) in [6.45, 7) is 8.49. The lowest BCUT2D eigenvalue weighted by molar-refractivity contribution is 0.642. The van der Waals surface area contributed by atoms with Crippen LogP contribution in [-0.4, -0.2) is 29.1 Å². The van der Waals surface area contributed by atoms with Gasteiger partial charge in [-0.15, -0.1) is 0 Å². The highest BCUT2D eigenvalue weighted by Gasteiger charge is 2.08. The van der Waals surface area contributed by atoms with Crippen LogP contribution >= 0.6 is 0 Å². The highest BCUT2D eigenvalue weighted by atomic mass is 15.2. The average molecular weight is 250 g/mol. The molecule has 0 spiro atoms. The zero-order valence-electron chi connectivity index (χ0n) is 11.9. The number of nitrogens with zero attached hydrogens (tertiary/aromatic N) is 3. The first-order chi connectivity index (χ1) is 8.71. The molecule has 0 saturated carbocycles. The highest BCUT2D eigenvalue weighted by Crippen LogP contribution is 2.10. The van der Waals surface area contributed by atoms with E-state index >= 15 is 0 Å². The molecule has 4 heteroatoms. The van der Waals surface area contributed by atoms with Crippen molar-refractivity contribution >= 4 is 5.95 Å². The van der Waals surface area contributed by atoms with Gasteiger partial charge in [-0.25, -0.2) is 9.97 Å². The van der Waals surface area contributed by atoms with Gasteiger partial charge < -0.3 is 10.6 Å². The van der Waals surface area contributed by atoms with Crippen molar-refractivity contribution in [3.63, 3.8) is 0 Å². The van der Waals surface area contributed by atoms with Gasteiger partial charge in [-0.2, -0.15) is 0 Å². The zero-order valence-corrected chi connectivity index (χ0v) is 11.9. The second-order valence-corrected chi connectivity index (χ2v) is 4.75. The largest absolute Gasteiger partial charge is 0.341 e. The van der Waals surface area contributed by atoms with Crippen LogP contribution in [0.1, 0.15) is 45.6 Å². The Morgan fingerprint density at radius 3 is 2.11 bits per heavy atom. The maximum absolute atomic E-state index is 5.93. The number of hydrogen-bond acceptors (Lipinski definition) is 4. The predicted octanol–water partition coefficient (Wildman–Crippen LogP) is 2.38. The van der Waals surface area contributed by atoms with Crippen LogP contribution in [-0.2, 0) is 6.42 Å². The lowest BCUT2D eigenvalue weighted by Crippen LogP contribution is -2.27. The molecule has 0 radical (unpaired) electrons. The lowest BCUT2D eigenvalue weighted by atomic mass is 10.1. The average Bonchev–Trinajstić information content (AvgIpc) is 2.39. The molecule has 0 aliphatic rings. The molecule has 1 heterocycles. The van der Waals surface area contributed by atoms with Crippen molar-refractivity contribution in [2.45, 2.75) is 52.5 Å². The summed E-state index contributed by atoms with van der Waals surface area (Å²) in [5.41, 5.74) is 7.06. The quantitative estimate of drug-likeness (QED) is 0.769. The van der Waals surface area contributed by atoms with Crippen molar-refractivity contribution < 1.29 is 0 Å². The van der Waals surface area contributed by atoms with E-state index in [1.807, 2.05) is 12.4 Å². The third-order valence-electron chi connectivity index (χ3n) is 2.98. The molecule has 0 aliphatic carbocycles. The topological polar surface area (TPSA) is 55.0 Å². The fraction of sp³-hybridized carbons (Fsp3) is 0.714. The molecule has 1 aromatic rings. The van der Waals surface area contributed by atoms with Crippen LogP contribution in [0.15, 0.2) is 12.4 Å². The molecule has 0 aromatic carbocycles. The SMILES string of the molecule is CCCN(CCC)c1ncc(CC(N)CC)cn1. The van der Waals surface area contributed by atoms with E-state index in [0.29, 0.717) is 0 Å². The third-order valence-corrected chi connectivity index (χ3v) is 2.98. The Balaban J connectivity index is 2.67. The summed E-state index contributed by atoms with van der Waals surface area (Å²) < 4.78 is 0. The summed E-state index contributed by atoms with van der Waals surface area (Å²) in [6.07, 6.45) is 7.90. The van der Waals surface area contributed by atoms with E-state index in [4.69, 9.17) is 5.73 Å². The van der Waals surface area contributed by atoms with Gasteiger partial charge in [0.25, 0.3) is 0 Å². The summed E-state index contributed by atoms with van der Waals surface area (Å²) in [5, 5.41) is 0. The number of anilines is 1. The molecule has 0 aliphatic heterocycles. The Labute approximate surface area is 111 Å². The Morgan fingerprint density at radius 2 is 1.67 bits per heavy atom. The molecule has 1 atom stereocenters. The molecule has 0 amide bonds. The van der Waals surface area contributed by atoms with Gasteiger partial charge in [0.1, 0.15) is 0 Å². The minimum Gasteiger partial charge on any atom is -0.341 e. The molecule has 0 fully saturated rings. The van der Waals surface area contributed by atoms with Crippen LogP contribution < -0.4 is 10.6 Å². The fourth-order valence-corrected chi connectivity index (χ4v) is 1.92. The zero-order chi connectivity index (χ0) is 13.4. The molecule has 1 aromatic heterocycles. The molecule has 1 rings (SSSR count). The van der Waals surface area contributed by atoms with Gasteiger partial charge >= 0.3 is 0 Å². The normalized spacial score (nSPS) is 12.4. The maximum Gasteiger partial charge on any atom is 0.225 e. The van der Waals surface area contributed by atoms with Gasteiger partial charge in [0, 0.05) is 31.5 Å². The maximum atomic E-state index is 5.93. The minimum absolute atomic E-state index is 0.210. The molecule has 4 nitrogen and oxygen atoms in total. The summed E-state index contributed by atoms with van der Waals surface area (Å²) >= 11 is 0. The Kier molecular flexibility index (Phi) is 6.65. The second kappa shape index (κ2) is 8.03. The van der Waals surface area contributed by atoms with Crippen LogP contribution in [0.2, 0.25) is 0 Å². The first-order valence-corrected chi connectivity index (χ1v) is 7.02. The smallest absolute Gasteiger partial charge is 0.225 e. The monoisotopic (exact) mass is 250 g/mol. The standard InChI is InChI=1S/C14H26N4/c1-4-7-18(8-5-2)14-16-10-12(11-17-14)9-13(15)6-3/h10-11,13H,4-9,15H2,1-3H3. The van der Waals surface area contributed by atoms with Gasteiger partial charge in [-0.1, -0.05) is 20.8 Å². The van der Waals surface area contributed by atoms with E-state index in [1.54, 1.807) is 0 Å². The number of aromatic nitrogens is 2. The molecular weight excluding hydrogens is 224 g/mol. The first-order valence-electron chi connectivity index (χ1n) is 7.02. The van der Waals surface area contributed by atoms with Crippen LogP contribution in [0.25, 0.3) is 0 Å². The summed E-state index contributed by atoms with van der Waals surface area (Å²) in [6, 6.07) is 0.210. The predicted molar refractivity (Wildman–Crippen MR) is 76.8 cm³/mol. The molecule has 2 N–H and O–H groups in total. The van der Waals surface area contributed by atoms with Gasteiger partial charge in [-0.05, 0) is 31.2 Å². The van der Waals surface area contributed by atoms with E-state index in [1.165, 1.54) is 0 Å².